The summed E-state index contributed by atoms with van der Waals surface area (Å²) in [6, 6.07) is 24.1. The first kappa shape index (κ1) is 30.1. The molecule has 0 spiro atoms. The van der Waals surface area contributed by atoms with Crippen molar-refractivity contribution in [2.75, 3.05) is 0 Å². The third kappa shape index (κ3) is 8.33. The van der Waals surface area contributed by atoms with Gasteiger partial charge in [-0.2, -0.15) is 0 Å². The molecule has 0 aliphatic heterocycles. The Hall–Kier alpha value is -4.41. The predicted molar refractivity (Wildman–Crippen MR) is 160 cm³/mol. The molecule has 1 unspecified atom stereocenters. The van der Waals surface area contributed by atoms with E-state index in [9.17, 15) is 22.4 Å². The maximum absolute atomic E-state index is 13.9. The fourth-order valence-corrected chi connectivity index (χ4v) is 6.03. The molecule has 5 rings (SSSR count). The number of amides is 2. The van der Waals surface area contributed by atoms with E-state index in [4.69, 9.17) is 0 Å². The lowest BCUT2D eigenvalue weighted by Gasteiger charge is -2.32. The fraction of sp³-hybridized carbons (Fsp3) is 0.242. The number of pyridine rings is 1. The molecule has 0 radical (unpaired) electrons. The Morgan fingerprint density at radius 3 is 2.23 bits per heavy atom. The van der Waals surface area contributed by atoms with Crippen molar-refractivity contribution in [2.24, 2.45) is 0 Å². The van der Waals surface area contributed by atoms with Gasteiger partial charge in [0.25, 0.3) is 0 Å². The number of rotatable bonds is 13. The lowest BCUT2D eigenvalue weighted by atomic mass is 10.0. The Bertz CT molecular complexity index is 1630. The average molecular weight is 601 g/mol. The van der Waals surface area contributed by atoms with E-state index in [2.05, 4.69) is 15.0 Å². The number of hydrogen-bond acceptors (Lipinski definition) is 5. The Morgan fingerprint density at radius 2 is 1.58 bits per heavy atom. The van der Waals surface area contributed by atoms with E-state index in [0.29, 0.717) is 17.5 Å². The summed E-state index contributed by atoms with van der Waals surface area (Å²) in [5.74, 6) is -1.03. The summed E-state index contributed by atoms with van der Waals surface area (Å²) in [5, 5.41) is 2.94. The molecule has 2 amide bonds. The van der Waals surface area contributed by atoms with Crippen LogP contribution in [0.25, 0.3) is 0 Å². The van der Waals surface area contributed by atoms with E-state index in [1.165, 1.54) is 17.0 Å². The minimum Gasteiger partial charge on any atom is -0.350 e. The normalized spacial score (nSPS) is 13.7. The second kappa shape index (κ2) is 13.7. The molecule has 1 aromatic heterocycles. The first-order valence-electron chi connectivity index (χ1n) is 14.2. The first-order chi connectivity index (χ1) is 20.8. The number of nitrogens with zero attached hydrogens (tertiary/aromatic N) is 2. The number of halogens is 1. The molecule has 1 aliphatic rings. The zero-order chi connectivity index (χ0) is 30.2. The van der Waals surface area contributed by atoms with Crippen molar-refractivity contribution in [2.45, 2.75) is 55.8 Å². The average Bonchev–Trinajstić information content (AvgIpc) is 3.84. The number of aromatic nitrogens is 1. The Balaban J connectivity index is 1.37. The second-order valence-corrected chi connectivity index (χ2v) is 12.3. The molecule has 1 saturated carbocycles. The molecule has 0 bridgehead atoms. The van der Waals surface area contributed by atoms with Gasteiger partial charge in [-0.15, -0.1) is 0 Å². The predicted octanol–water partition coefficient (Wildman–Crippen LogP) is 4.68. The molecule has 0 saturated heterocycles. The van der Waals surface area contributed by atoms with Crippen LogP contribution in [0.5, 0.6) is 0 Å². The van der Waals surface area contributed by atoms with Gasteiger partial charge in [0.2, 0.25) is 21.8 Å². The molecular weight excluding hydrogens is 567 g/mol. The van der Waals surface area contributed by atoms with Crippen LogP contribution in [0.1, 0.15) is 47.6 Å². The Labute approximate surface area is 251 Å². The zero-order valence-corrected chi connectivity index (χ0v) is 24.3. The van der Waals surface area contributed by atoms with Gasteiger partial charge in [-0.25, -0.2) is 17.5 Å². The molecule has 1 aliphatic carbocycles. The second-order valence-electron chi connectivity index (χ2n) is 10.6. The van der Waals surface area contributed by atoms with E-state index in [1.807, 2.05) is 24.3 Å². The van der Waals surface area contributed by atoms with Gasteiger partial charge in [0.05, 0.1) is 4.90 Å². The molecule has 10 heteroatoms. The van der Waals surface area contributed by atoms with Crippen molar-refractivity contribution in [1.82, 2.24) is 19.9 Å². The number of sulfonamides is 1. The van der Waals surface area contributed by atoms with Crippen LogP contribution in [0.15, 0.2) is 108 Å². The quantitative estimate of drug-likeness (QED) is 0.232. The van der Waals surface area contributed by atoms with Crippen LogP contribution >= 0.6 is 0 Å². The molecule has 8 nitrogen and oxygen atoms in total. The van der Waals surface area contributed by atoms with Gasteiger partial charge in [-0.3, -0.25) is 14.6 Å². The Morgan fingerprint density at radius 1 is 0.884 bits per heavy atom. The van der Waals surface area contributed by atoms with E-state index in [-0.39, 0.29) is 42.3 Å². The molecule has 1 atom stereocenters. The van der Waals surface area contributed by atoms with Gasteiger partial charge < -0.3 is 10.2 Å². The number of hydrogen-bond donors (Lipinski definition) is 2. The van der Waals surface area contributed by atoms with Crippen LogP contribution in [0.4, 0.5) is 4.39 Å². The summed E-state index contributed by atoms with van der Waals surface area (Å²) < 4.78 is 41.4. The van der Waals surface area contributed by atoms with Gasteiger partial charge in [0.15, 0.2) is 0 Å². The molecular formula is C33H33FN4O4S. The summed E-state index contributed by atoms with van der Waals surface area (Å²) in [6.45, 7) is 0.322. The number of aryl methyl sites for hydroxylation is 1. The van der Waals surface area contributed by atoms with E-state index in [1.54, 1.807) is 67.0 Å². The van der Waals surface area contributed by atoms with E-state index < -0.39 is 21.9 Å². The largest absolute Gasteiger partial charge is 0.350 e. The maximum atomic E-state index is 13.9. The monoisotopic (exact) mass is 600 g/mol. The molecule has 4 aromatic rings. The maximum Gasteiger partial charge on any atom is 0.247 e. The van der Waals surface area contributed by atoms with Crippen LogP contribution in [0, 0.1) is 5.82 Å². The third-order valence-electron chi connectivity index (χ3n) is 7.21. The summed E-state index contributed by atoms with van der Waals surface area (Å²) in [5.41, 5.74) is 2.92. The standard InChI is InChI=1S/C33H33FN4O4S/c34-28-13-8-25(9-14-28)23-38(31(39)19-12-24-10-17-30(18-11-24)43(41,42)37-29-15-16-29)32(27-6-2-1-3-7-27)33(40)36-22-26-5-4-20-35-21-26/h1-11,13-14,17-18,20-21,29,32,37H,12,15-16,19,22-23H2,(H,36,40). The smallest absolute Gasteiger partial charge is 0.247 e. The van der Waals surface area contributed by atoms with Crippen molar-refractivity contribution < 1.29 is 22.4 Å². The van der Waals surface area contributed by atoms with Crippen molar-refractivity contribution in [3.8, 4) is 0 Å². The van der Waals surface area contributed by atoms with Crippen molar-refractivity contribution in [3.63, 3.8) is 0 Å². The SMILES string of the molecule is O=C(NCc1cccnc1)C(c1ccccc1)N(Cc1ccc(F)cc1)C(=O)CCc1ccc(S(=O)(=O)NC2CC2)cc1. The van der Waals surface area contributed by atoms with Crippen LogP contribution < -0.4 is 10.0 Å². The molecule has 43 heavy (non-hydrogen) atoms. The van der Waals surface area contributed by atoms with Crippen molar-refractivity contribution in [1.29, 1.82) is 0 Å². The summed E-state index contributed by atoms with van der Waals surface area (Å²) in [6.07, 6.45) is 5.43. The van der Waals surface area contributed by atoms with Crippen molar-refractivity contribution in [3.05, 3.63) is 131 Å². The van der Waals surface area contributed by atoms with Gasteiger partial charge in [-0.1, -0.05) is 60.7 Å². The van der Waals surface area contributed by atoms with E-state index >= 15 is 0 Å². The third-order valence-corrected chi connectivity index (χ3v) is 8.75. The summed E-state index contributed by atoms with van der Waals surface area (Å²) >= 11 is 0. The highest BCUT2D eigenvalue weighted by Gasteiger charge is 2.31. The van der Waals surface area contributed by atoms with Gasteiger partial charge >= 0.3 is 0 Å². The summed E-state index contributed by atoms with van der Waals surface area (Å²) in [4.78, 5) is 33.4. The highest BCUT2D eigenvalue weighted by atomic mass is 32.2. The van der Waals surface area contributed by atoms with Gasteiger partial charge in [-0.05, 0) is 71.8 Å². The van der Waals surface area contributed by atoms with Gasteiger partial charge in [0.1, 0.15) is 11.9 Å². The lowest BCUT2D eigenvalue weighted by molar-refractivity contribution is -0.141. The lowest BCUT2D eigenvalue weighted by Crippen LogP contribution is -2.43. The van der Waals surface area contributed by atoms with E-state index in [0.717, 1.165) is 24.0 Å². The minimum atomic E-state index is -3.57. The topological polar surface area (TPSA) is 108 Å². The number of carbonyl (C=O) groups excluding carboxylic acids is 2. The fourth-order valence-electron chi connectivity index (χ4n) is 4.73. The minimum absolute atomic E-state index is 0.00788. The number of nitrogens with one attached hydrogen (secondary N) is 2. The van der Waals surface area contributed by atoms with Crippen LogP contribution in [0.3, 0.4) is 0 Å². The molecule has 222 valence electrons. The molecule has 3 aromatic carbocycles. The molecule has 1 fully saturated rings. The highest BCUT2D eigenvalue weighted by molar-refractivity contribution is 7.89. The van der Waals surface area contributed by atoms with Crippen LogP contribution in [0.2, 0.25) is 0 Å². The zero-order valence-electron chi connectivity index (χ0n) is 23.5. The molecule has 1 heterocycles. The highest BCUT2D eigenvalue weighted by Crippen LogP contribution is 2.26. The van der Waals surface area contributed by atoms with Gasteiger partial charge in [0, 0.05) is 37.9 Å². The Kier molecular flexibility index (Phi) is 9.58. The number of benzene rings is 3. The summed E-state index contributed by atoms with van der Waals surface area (Å²) in [7, 11) is -3.57. The van der Waals surface area contributed by atoms with Crippen molar-refractivity contribution >= 4 is 21.8 Å². The van der Waals surface area contributed by atoms with Crippen LogP contribution in [-0.2, 0) is 39.1 Å². The van der Waals surface area contributed by atoms with Crippen LogP contribution in [-0.4, -0.2) is 36.2 Å². The first-order valence-corrected chi connectivity index (χ1v) is 15.6. The molecule has 2 N–H and O–H groups in total. The number of carbonyl (C=O) groups is 2.